The molecule has 0 radical (unpaired) electrons. The Hall–Kier alpha value is -1.59. The van der Waals surface area contributed by atoms with Crippen molar-refractivity contribution in [1.82, 2.24) is 5.32 Å². The molecule has 0 aromatic carbocycles. The minimum atomic E-state index is -0.429. The number of aliphatic imine (C=N–C) groups is 2. The lowest BCUT2D eigenvalue weighted by Gasteiger charge is -2.24. The van der Waals surface area contributed by atoms with Gasteiger partial charge in [-0.2, -0.15) is 0 Å². The van der Waals surface area contributed by atoms with E-state index in [1.165, 1.54) is 0 Å². The number of fused-ring (bicyclic) bond motifs is 3. The predicted octanol–water partition coefficient (Wildman–Crippen LogP) is 0.125. The minimum absolute atomic E-state index is 0.103. The van der Waals surface area contributed by atoms with E-state index in [2.05, 4.69) is 29.1 Å². The van der Waals surface area contributed by atoms with E-state index in [4.69, 9.17) is 9.47 Å². The molecule has 0 fully saturated rings. The maximum Gasteiger partial charge on any atom is 0.249 e. The van der Waals surface area contributed by atoms with E-state index in [9.17, 15) is 4.79 Å². The summed E-state index contributed by atoms with van der Waals surface area (Å²) >= 11 is 0. The van der Waals surface area contributed by atoms with Gasteiger partial charge in [-0.15, -0.1) is 0 Å². The zero-order valence-corrected chi connectivity index (χ0v) is 10.5. The number of ether oxygens (including phenoxy) is 2. The fourth-order valence-corrected chi connectivity index (χ4v) is 2.33. The SMILES string of the molecule is CCC(C)C1NC(=O)C2COC(=N2)C2COC1=N2. The molecule has 3 aliphatic heterocycles. The number of hydrogen-bond acceptors (Lipinski definition) is 5. The van der Waals surface area contributed by atoms with Gasteiger partial charge in [0.25, 0.3) is 0 Å². The molecule has 0 spiro atoms. The zero-order valence-electron chi connectivity index (χ0n) is 10.5. The molecule has 3 heterocycles. The van der Waals surface area contributed by atoms with Gasteiger partial charge in [0.1, 0.15) is 19.3 Å². The van der Waals surface area contributed by atoms with Crippen molar-refractivity contribution in [2.24, 2.45) is 15.9 Å². The quantitative estimate of drug-likeness (QED) is 0.758. The van der Waals surface area contributed by atoms with Crippen LogP contribution >= 0.6 is 0 Å². The molecule has 0 aliphatic carbocycles. The summed E-state index contributed by atoms with van der Waals surface area (Å²) in [6, 6.07) is -0.756. The summed E-state index contributed by atoms with van der Waals surface area (Å²) in [5, 5.41) is 2.98. The summed E-state index contributed by atoms with van der Waals surface area (Å²) in [5.74, 6) is 1.33. The highest BCUT2D eigenvalue weighted by Gasteiger charge is 2.40. The van der Waals surface area contributed by atoms with Crippen LogP contribution < -0.4 is 5.32 Å². The second kappa shape index (κ2) is 4.26. The molecular formula is C12H17N3O3. The summed E-state index contributed by atoms with van der Waals surface area (Å²) in [6.45, 7) is 4.95. The van der Waals surface area contributed by atoms with E-state index >= 15 is 0 Å². The van der Waals surface area contributed by atoms with Crippen LogP contribution in [0.25, 0.3) is 0 Å². The van der Waals surface area contributed by atoms with Crippen LogP contribution in [0.2, 0.25) is 0 Å². The van der Waals surface area contributed by atoms with Crippen molar-refractivity contribution in [3.63, 3.8) is 0 Å². The van der Waals surface area contributed by atoms with Gasteiger partial charge in [-0.25, -0.2) is 9.98 Å². The monoisotopic (exact) mass is 251 g/mol. The first-order valence-electron chi connectivity index (χ1n) is 6.40. The van der Waals surface area contributed by atoms with E-state index in [0.29, 0.717) is 25.0 Å². The lowest BCUT2D eigenvalue weighted by molar-refractivity contribution is -0.123. The van der Waals surface area contributed by atoms with Gasteiger partial charge in [0.2, 0.25) is 17.7 Å². The molecule has 4 unspecified atom stereocenters. The molecule has 98 valence electrons. The first-order valence-corrected chi connectivity index (χ1v) is 6.40. The highest BCUT2D eigenvalue weighted by atomic mass is 16.5. The van der Waals surface area contributed by atoms with E-state index in [1.807, 2.05) is 0 Å². The summed E-state index contributed by atoms with van der Waals surface area (Å²) < 4.78 is 11.0. The van der Waals surface area contributed by atoms with Crippen molar-refractivity contribution in [3.8, 4) is 0 Å². The Kier molecular flexibility index (Phi) is 2.72. The molecule has 3 rings (SSSR count). The van der Waals surface area contributed by atoms with Gasteiger partial charge in [-0.3, -0.25) is 4.79 Å². The summed E-state index contributed by atoms with van der Waals surface area (Å²) in [7, 11) is 0. The highest BCUT2D eigenvalue weighted by Crippen LogP contribution is 2.21. The number of carbonyl (C=O) groups is 1. The second-order valence-corrected chi connectivity index (χ2v) is 4.96. The predicted molar refractivity (Wildman–Crippen MR) is 65.7 cm³/mol. The zero-order chi connectivity index (χ0) is 12.7. The van der Waals surface area contributed by atoms with E-state index in [-0.39, 0.29) is 23.9 Å². The van der Waals surface area contributed by atoms with Gasteiger partial charge >= 0.3 is 0 Å². The third kappa shape index (κ3) is 1.76. The van der Waals surface area contributed by atoms with Crippen LogP contribution in [0.1, 0.15) is 20.3 Å². The van der Waals surface area contributed by atoms with Crippen molar-refractivity contribution in [1.29, 1.82) is 0 Å². The Morgan fingerprint density at radius 3 is 2.72 bits per heavy atom. The van der Waals surface area contributed by atoms with Crippen LogP contribution in [0.15, 0.2) is 9.98 Å². The lowest BCUT2D eigenvalue weighted by atomic mass is 9.98. The van der Waals surface area contributed by atoms with Crippen molar-refractivity contribution in [2.75, 3.05) is 13.2 Å². The van der Waals surface area contributed by atoms with Crippen LogP contribution in [0.3, 0.4) is 0 Å². The molecule has 0 aromatic rings. The first-order chi connectivity index (χ1) is 8.69. The number of amides is 1. The average molecular weight is 251 g/mol. The fraction of sp³-hybridized carbons (Fsp3) is 0.750. The lowest BCUT2D eigenvalue weighted by Crippen LogP contribution is -2.48. The second-order valence-electron chi connectivity index (χ2n) is 4.96. The Labute approximate surface area is 105 Å². The Morgan fingerprint density at radius 1 is 1.28 bits per heavy atom. The average Bonchev–Trinajstić information content (AvgIpc) is 3.02. The van der Waals surface area contributed by atoms with Crippen molar-refractivity contribution < 1.29 is 14.3 Å². The molecule has 0 aromatic heterocycles. The van der Waals surface area contributed by atoms with Crippen molar-refractivity contribution in [2.45, 2.75) is 38.4 Å². The van der Waals surface area contributed by atoms with Gasteiger partial charge in [-0.1, -0.05) is 20.3 Å². The summed E-state index contributed by atoms with van der Waals surface area (Å²) in [6.07, 6.45) is 0.951. The smallest absolute Gasteiger partial charge is 0.249 e. The molecule has 4 bridgehead atoms. The molecule has 4 atom stereocenters. The number of carbonyl (C=O) groups excluding carboxylic acids is 1. The van der Waals surface area contributed by atoms with Gasteiger partial charge in [0, 0.05) is 0 Å². The van der Waals surface area contributed by atoms with Crippen molar-refractivity contribution in [3.05, 3.63) is 0 Å². The Morgan fingerprint density at radius 2 is 1.94 bits per heavy atom. The number of nitrogens with one attached hydrogen (secondary N) is 1. The van der Waals surface area contributed by atoms with Gasteiger partial charge in [0.05, 0.1) is 0 Å². The molecule has 0 saturated heterocycles. The number of nitrogens with zero attached hydrogens (tertiary/aromatic N) is 2. The maximum absolute atomic E-state index is 12.1. The number of hydrogen-bond donors (Lipinski definition) is 1. The molecule has 18 heavy (non-hydrogen) atoms. The summed E-state index contributed by atoms with van der Waals surface area (Å²) in [4.78, 5) is 20.9. The summed E-state index contributed by atoms with van der Waals surface area (Å²) in [5.41, 5.74) is 0. The largest absolute Gasteiger partial charge is 0.477 e. The van der Waals surface area contributed by atoms with E-state index in [0.717, 1.165) is 6.42 Å². The Balaban J connectivity index is 1.93. The maximum atomic E-state index is 12.1. The van der Waals surface area contributed by atoms with Crippen LogP contribution in [-0.2, 0) is 14.3 Å². The minimum Gasteiger partial charge on any atom is -0.477 e. The highest BCUT2D eigenvalue weighted by molar-refractivity contribution is 5.98. The number of rotatable bonds is 2. The van der Waals surface area contributed by atoms with E-state index < -0.39 is 6.04 Å². The standard InChI is InChI=1S/C12H17N3O3/c1-3-6(2)9-12-14-8(5-18-12)11-13-7(4-17-11)10(16)15-9/h6-9H,3-5H2,1-2H3,(H,15,16). The third-order valence-electron chi connectivity index (χ3n) is 3.71. The van der Waals surface area contributed by atoms with Gasteiger partial charge in [0.15, 0.2) is 12.1 Å². The molecule has 6 nitrogen and oxygen atoms in total. The molecule has 0 saturated carbocycles. The normalized spacial score (nSPS) is 35.2. The third-order valence-corrected chi connectivity index (χ3v) is 3.71. The van der Waals surface area contributed by atoms with Crippen LogP contribution in [0, 0.1) is 5.92 Å². The van der Waals surface area contributed by atoms with E-state index in [1.54, 1.807) is 0 Å². The molecule has 6 heteroatoms. The van der Waals surface area contributed by atoms with Gasteiger partial charge in [-0.05, 0) is 5.92 Å². The van der Waals surface area contributed by atoms with Crippen LogP contribution in [-0.4, -0.2) is 49.0 Å². The van der Waals surface area contributed by atoms with Crippen LogP contribution in [0.5, 0.6) is 0 Å². The molecule has 1 amide bonds. The molecule has 1 N–H and O–H groups in total. The molecular weight excluding hydrogens is 234 g/mol. The Bertz CT molecular complexity index is 432. The molecule has 3 aliphatic rings. The fourth-order valence-electron chi connectivity index (χ4n) is 2.33. The topological polar surface area (TPSA) is 72.3 Å². The van der Waals surface area contributed by atoms with Gasteiger partial charge < -0.3 is 14.8 Å². The van der Waals surface area contributed by atoms with Crippen molar-refractivity contribution >= 4 is 17.7 Å². The van der Waals surface area contributed by atoms with Crippen LogP contribution in [0.4, 0.5) is 0 Å². The first kappa shape index (κ1) is 11.5.